The fourth-order valence-electron chi connectivity index (χ4n) is 5.62. The molecule has 2 aromatic carbocycles. The molecule has 0 bridgehead atoms. The van der Waals surface area contributed by atoms with E-state index >= 15 is 0 Å². The molecule has 0 unspecified atom stereocenters. The van der Waals surface area contributed by atoms with Gasteiger partial charge in [0.05, 0.1) is 11.8 Å². The predicted molar refractivity (Wildman–Crippen MR) is 154 cm³/mol. The van der Waals surface area contributed by atoms with Gasteiger partial charge in [0.2, 0.25) is 0 Å². The number of hydrogen-bond donors (Lipinski definition) is 0. The molecule has 0 heterocycles. The van der Waals surface area contributed by atoms with Crippen molar-refractivity contribution in [1.82, 2.24) is 0 Å². The summed E-state index contributed by atoms with van der Waals surface area (Å²) < 4.78 is 11.6. The van der Waals surface area contributed by atoms with Crippen LogP contribution in [0.25, 0.3) is 6.08 Å². The zero-order valence-electron chi connectivity index (χ0n) is 23.6. The molecule has 2 saturated carbocycles. The van der Waals surface area contributed by atoms with E-state index in [4.69, 9.17) is 9.47 Å². The van der Waals surface area contributed by atoms with Crippen molar-refractivity contribution < 1.29 is 28.7 Å². The highest BCUT2D eigenvalue weighted by molar-refractivity contribution is 5.81. The Kier molecular flexibility index (Phi) is 9.91. The normalized spacial score (nSPS) is 22.9. The summed E-state index contributed by atoms with van der Waals surface area (Å²) in [4.78, 5) is 51.3. The van der Waals surface area contributed by atoms with Gasteiger partial charge >= 0.3 is 11.9 Å². The first-order valence-electron chi connectivity index (χ1n) is 14.3. The summed E-state index contributed by atoms with van der Waals surface area (Å²) in [5.74, 6) is 0.102. The van der Waals surface area contributed by atoms with E-state index in [1.807, 2.05) is 54.6 Å². The molecule has 2 aromatic rings. The average molecular weight is 546 g/mol. The summed E-state index contributed by atoms with van der Waals surface area (Å²) in [6.45, 7) is 3.22. The van der Waals surface area contributed by atoms with Crippen LogP contribution < -0.4 is 14.4 Å². The number of ether oxygens (including phenoxy) is 2. The minimum absolute atomic E-state index is 0.0301. The molecule has 0 spiro atoms. The van der Waals surface area contributed by atoms with Crippen molar-refractivity contribution in [2.45, 2.75) is 65.2 Å². The molecule has 0 atom stereocenters. The Morgan fingerprint density at radius 2 is 1.20 bits per heavy atom. The smallest absolute Gasteiger partial charge is 0.314 e. The molecule has 0 saturated heterocycles. The Morgan fingerprint density at radius 3 is 1.73 bits per heavy atom. The van der Waals surface area contributed by atoms with Crippen molar-refractivity contribution in [3.05, 3.63) is 60.3 Å². The van der Waals surface area contributed by atoms with Gasteiger partial charge in [-0.1, -0.05) is 18.2 Å². The quantitative estimate of drug-likeness (QED) is 0.266. The van der Waals surface area contributed by atoms with Gasteiger partial charge in [0.15, 0.2) is 0 Å². The summed E-state index contributed by atoms with van der Waals surface area (Å²) in [6, 6.07) is 14.9. The molecule has 212 valence electrons. The van der Waals surface area contributed by atoms with Crippen molar-refractivity contribution in [3.8, 4) is 11.5 Å². The molecule has 7 heteroatoms. The summed E-state index contributed by atoms with van der Waals surface area (Å²) in [5, 5.41) is 0. The molecule has 0 aliphatic heterocycles. The van der Waals surface area contributed by atoms with Crippen molar-refractivity contribution in [1.29, 1.82) is 0 Å². The molecule has 0 radical (unpaired) electrons. The van der Waals surface area contributed by atoms with Crippen LogP contribution in [0.4, 0.5) is 5.69 Å². The maximum absolute atomic E-state index is 13.0. The summed E-state index contributed by atoms with van der Waals surface area (Å²) in [5.41, 5.74) is 1.60. The van der Waals surface area contributed by atoms with Crippen LogP contribution in [-0.2, 0) is 19.2 Å². The molecule has 7 nitrogen and oxygen atoms in total. The molecule has 0 amide bonds. The van der Waals surface area contributed by atoms with Crippen LogP contribution in [0.5, 0.6) is 11.5 Å². The lowest BCUT2D eigenvalue weighted by Crippen LogP contribution is -2.28. The van der Waals surface area contributed by atoms with Crippen molar-refractivity contribution >= 4 is 35.3 Å². The summed E-state index contributed by atoms with van der Waals surface area (Å²) in [7, 11) is 1.92. The largest absolute Gasteiger partial charge is 0.426 e. The van der Waals surface area contributed by atoms with Gasteiger partial charge in [-0.15, -0.1) is 0 Å². The van der Waals surface area contributed by atoms with E-state index < -0.39 is 0 Å². The Morgan fingerprint density at radius 1 is 0.700 bits per heavy atom. The maximum Gasteiger partial charge on any atom is 0.314 e. The number of benzene rings is 2. The molecule has 4 rings (SSSR count). The van der Waals surface area contributed by atoms with Gasteiger partial charge in [0.25, 0.3) is 0 Å². The second-order valence-corrected chi connectivity index (χ2v) is 11.1. The number of carbonyl (C=O) groups excluding carboxylic acids is 4. The van der Waals surface area contributed by atoms with Gasteiger partial charge in [-0.2, -0.15) is 0 Å². The Bertz CT molecular complexity index is 1240. The van der Waals surface area contributed by atoms with Gasteiger partial charge in [-0.05, 0) is 102 Å². The SMILES string of the molecule is CC(=O)C1CCC(C(=O)Oc2ccc(OC(=O)C3CCC(C(C)=O)CC3)c(/C=C/N(C)c3ccccc3)c2)CC1. The monoisotopic (exact) mass is 545 g/mol. The number of nitrogens with zero attached hydrogens (tertiary/aromatic N) is 1. The third-order valence-corrected chi connectivity index (χ3v) is 8.32. The van der Waals surface area contributed by atoms with Crippen LogP contribution in [0.3, 0.4) is 0 Å². The van der Waals surface area contributed by atoms with E-state index in [2.05, 4.69) is 0 Å². The Labute approximate surface area is 236 Å². The van der Waals surface area contributed by atoms with Gasteiger partial charge in [0.1, 0.15) is 23.1 Å². The lowest BCUT2D eigenvalue weighted by atomic mass is 9.80. The van der Waals surface area contributed by atoms with Gasteiger partial charge in [-0.3, -0.25) is 19.2 Å². The first-order chi connectivity index (χ1) is 19.2. The topological polar surface area (TPSA) is 90.0 Å². The van der Waals surface area contributed by atoms with Gasteiger partial charge in [0, 0.05) is 36.3 Å². The zero-order chi connectivity index (χ0) is 28.6. The van der Waals surface area contributed by atoms with E-state index in [1.165, 1.54) is 0 Å². The average Bonchev–Trinajstić information content (AvgIpc) is 2.97. The third-order valence-electron chi connectivity index (χ3n) is 8.32. The highest BCUT2D eigenvalue weighted by Gasteiger charge is 2.31. The molecule has 2 aliphatic carbocycles. The van der Waals surface area contributed by atoms with E-state index in [0.717, 1.165) is 5.69 Å². The number of para-hydroxylation sites is 1. The first kappa shape index (κ1) is 29.2. The molecular weight excluding hydrogens is 506 g/mol. The van der Waals surface area contributed by atoms with Crippen LogP contribution in [0.2, 0.25) is 0 Å². The van der Waals surface area contributed by atoms with Crippen molar-refractivity contribution in [2.75, 3.05) is 11.9 Å². The number of anilines is 1. The minimum atomic E-state index is -0.306. The second-order valence-electron chi connectivity index (χ2n) is 11.1. The van der Waals surface area contributed by atoms with Crippen LogP contribution in [0.15, 0.2) is 54.7 Å². The van der Waals surface area contributed by atoms with Crippen molar-refractivity contribution in [3.63, 3.8) is 0 Å². The number of carbonyl (C=O) groups is 4. The van der Waals surface area contributed by atoms with Gasteiger partial charge < -0.3 is 14.4 Å². The van der Waals surface area contributed by atoms with E-state index in [9.17, 15) is 19.2 Å². The Hall–Kier alpha value is -3.74. The fourth-order valence-corrected chi connectivity index (χ4v) is 5.62. The maximum atomic E-state index is 13.0. The predicted octanol–water partition coefficient (Wildman–Crippen LogP) is 6.40. The number of Topliss-reactive ketones (excluding diaryl/α,β-unsaturated/α-hetero) is 2. The standard InChI is InChI=1S/C33H39NO6/c1-22(35)24-9-13-26(14-10-24)32(37)39-30-17-18-31(40-33(38)27-15-11-25(12-16-27)23(2)36)28(21-30)19-20-34(3)29-7-5-4-6-8-29/h4-8,17-21,24-27H,9-16H2,1-3H3/b20-19+. The highest BCUT2D eigenvalue weighted by Crippen LogP contribution is 2.34. The lowest BCUT2D eigenvalue weighted by molar-refractivity contribution is -0.142. The van der Waals surface area contributed by atoms with Crippen molar-refractivity contribution in [2.24, 2.45) is 23.7 Å². The number of ketones is 2. The highest BCUT2D eigenvalue weighted by atomic mass is 16.5. The molecule has 40 heavy (non-hydrogen) atoms. The van der Waals surface area contributed by atoms with E-state index in [-0.39, 0.29) is 47.2 Å². The lowest BCUT2D eigenvalue weighted by Gasteiger charge is -2.26. The zero-order valence-corrected chi connectivity index (χ0v) is 23.6. The minimum Gasteiger partial charge on any atom is -0.426 e. The Balaban J connectivity index is 1.48. The summed E-state index contributed by atoms with van der Waals surface area (Å²) >= 11 is 0. The number of hydrogen-bond acceptors (Lipinski definition) is 7. The van der Waals surface area contributed by atoms with Crippen LogP contribution in [0.1, 0.15) is 70.8 Å². The molecule has 2 aliphatic rings. The van der Waals surface area contributed by atoms with Crippen LogP contribution in [-0.4, -0.2) is 30.6 Å². The van der Waals surface area contributed by atoms with Crippen LogP contribution in [0, 0.1) is 23.7 Å². The van der Waals surface area contributed by atoms with Gasteiger partial charge in [-0.25, -0.2) is 0 Å². The molecule has 0 aromatic heterocycles. The number of esters is 2. The molecule has 0 N–H and O–H groups in total. The van der Waals surface area contributed by atoms with E-state index in [0.29, 0.717) is 68.4 Å². The molecular formula is C33H39NO6. The first-order valence-corrected chi connectivity index (χ1v) is 14.3. The van der Waals surface area contributed by atoms with E-state index in [1.54, 1.807) is 32.0 Å². The number of rotatable bonds is 9. The van der Waals surface area contributed by atoms with Crippen LogP contribution >= 0.6 is 0 Å². The summed E-state index contributed by atoms with van der Waals surface area (Å²) in [6.07, 6.45) is 9.06. The fraction of sp³-hybridized carbons (Fsp3) is 0.455. The molecule has 2 fully saturated rings. The second kappa shape index (κ2) is 13.6. The third kappa shape index (κ3) is 7.68.